The fraction of sp³-hybridized carbons (Fsp3) is 0.519. The number of benzene rings is 2. The molecule has 166 valence electrons. The summed E-state index contributed by atoms with van der Waals surface area (Å²) in [5, 5.41) is 3.29. The molecule has 1 heterocycles. The van der Waals surface area contributed by atoms with Gasteiger partial charge in [-0.25, -0.2) is 0 Å². The van der Waals surface area contributed by atoms with Gasteiger partial charge in [-0.3, -0.25) is 4.79 Å². The van der Waals surface area contributed by atoms with E-state index in [-0.39, 0.29) is 17.6 Å². The fourth-order valence-electron chi connectivity index (χ4n) is 5.00. The molecule has 1 N–H and O–H groups in total. The number of aryl methyl sites for hydroxylation is 1. The zero-order valence-electron chi connectivity index (χ0n) is 19.2. The molecule has 4 rings (SSSR count). The molecule has 0 bridgehead atoms. The maximum absolute atomic E-state index is 13.2. The Labute approximate surface area is 186 Å². The molecule has 2 aromatic rings. The van der Waals surface area contributed by atoms with Gasteiger partial charge in [0.05, 0.1) is 6.04 Å². The summed E-state index contributed by atoms with van der Waals surface area (Å²) >= 11 is 0. The number of hydrogen-bond acceptors (Lipinski definition) is 3. The second-order valence-electron chi connectivity index (χ2n) is 9.60. The van der Waals surface area contributed by atoms with Crippen molar-refractivity contribution in [2.75, 3.05) is 0 Å². The molecule has 0 saturated heterocycles. The largest absolute Gasteiger partial charge is 0.487 e. The number of ether oxygens (including phenoxy) is 2. The first-order valence-corrected chi connectivity index (χ1v) is 11.7. The van der Waals surface area contributed by atoms with Crippen molar-refractivity contribution in [2.45, 2.75) is 89.9 Å². The molecule has 2 aromatic carbocycles. The maximum Gasteiger partial charge on any atom is 0.261 e. The Morgan fingerprint density at radius 2 is 1.84 bits per heavy atom. The van der Waals surface area contributed by atoms with E-state index in [1.165, 1.54) is 19.3 Å². The molecule has 0 aromatic heterocycles. The van der Waals surface area contributed by atoms with Crippen molar-refractivity contribution in [3.8, 4) is 11.5 Å². The molecular weight excluding hydrogens is 386 g/mol. The lowest BCUT2D eigenvalue weighted by molar-refractivity contribution is -0.128. The number of hydrogen-bond donors (Lipinski definition) is 1. The zero-order valence-corrected chi connectivity index (χ0v) is 19.2. The predicted octanol–water partition coefficient (Wildman–Crippen LogP) is 6.23. The summed E-state index contributed by atoms with van der Waals surface area (Å²) < 4.78 is 12.7. The Bertz CT molecular complexity index is 930. The topological polar surface area (TPSA) is 47.6 Å². The van der Waals surface area contributed by atoms with E-state index in [1.807, 2.05) is 38.1 Å². The third-order valence-electron chi connectivity index (χ3n) is 6.74. The molecule has 2 aliphatic rings. The smallest absolute Gasteiger partial charge is 0.261 e. The highest BCUT2D eigenvalue weighted by molar-refractivity contribution is 5.81. The van der Waals surface area contributed by atoms with Gasteiger partial charge in [-0.05, 0) is 68.7 Å². The van der Waals surface area contributed by atoms with Crippen molar-refractivity contribution in [1.29, 1.82) is 0 Å². The number of fused-ring (bicyclic) bond motifs is 1. The second kappa shape index (κ2) is 8.94. The molecule has 31 heavy (non-hydrogen) atoms. The van der Waals surface area contributed by atoms with Crippen molar-refractivity contribution >= 4 is 5.91 Å². The van der Waals surface area contributed by atoms with Gasteiger partial charge in [-0.2, -0.15) is 0 Å². The van der Waals surface area contributed by atoms with Gasteiger partial charge >= 0.3 is 0 Å². The van der Waals surface area contributed by atoms with Crippen LogP contribution in [-0.2, 0) is 4.79 Å². The number of amides is 1. The standard InChI is InChI=1S/C27H35NO3/c1-18(2)21-13-12-19(3)16-25(21)30-20(4)26(29)28-23-17-27(14-8-5-9-15-27)31-24-11-7-6-10-22(23)24/h6-7,10-13,16,18,20,23H,5,8-9,14-15,17H2,1-4H3,(H,28,29)/t20-,23-/m0/s1. The van der Waals surface area contributed by atoms with Gasteiger partial charge < -0.3 is 14.8 Å². The van der Waals surface area contributed by atoms with Crippen molar-refractivity contribution < 1.29 is 14.3 Å². The number of para-hydroxylation sites is 1. The summed E-state index contributed by atoms with van der Waals surface area (Å²) in [7, 11) is 0. The van der Waals surface area contributed by atoms with Crippen LogP contribution in [-0.4, -0.2) is 17.6 Å². The number of carbonyl (C=O) groups excluding carboxylic acids is 1. The molecule has 1 spiro atoms. The van der Waals surface area contributed by atoms with E-state index >= 15 is 0 Å². The van der Waals surface area contributed by atoms with Gasteiger partial charge in [0.15, 0.2) is 6.10 Å². The van der Waals surface area contributed by atoms with Gasteiger partial charge in [0.25, 0.3) is 5.91 Å². The van der Waals surface area contributed by atoms with Crippen LogP contribution in [0.1, 0.15) is 87.9 Å². The highest BCUT2D eigenvalue weighted by Crippen LogP contribution is 2.46. The Kier molecular flexibility index (Phi) is 6.27. The summed E-state index contributed by atoms with van der Waals surface area (Å²) in [5.41, 5.74) is 3.17. The van der Waals surface area contributed by atoms with Crippen LogP contribution in [0.3, 0.4) is 0 Å². The highest BCUT2D eigenvalue weighted by Gasteiger charge is 2.42. The molecule has 1 saturated carbocycles. The molecule has 4 heteroatoms. The summed E-state index contributed by atoms with van der Waals surface area (Å²) in [6.45, 7) is 8.17. The summed E-state index contributed by atoms with van der Waals surface area (Å²) in [6, 6.07) is 14.3. The van der Waals surface area contributed by atoms with Gasteiger partial charge in [-0.15, -0.1) is 0 Å². The highest BCUT2D eigenvalue weighted by atomic mass is 16.5. The fourth-order valence-corrected chi connectivity index (χ4v) is 5.00. The van der Waals surface area contributed by atoms with Crippen LogP contribution in [0.4, 0.5) is 0 Å². The number of rotatable bonds is 5. The minimum absolute atomic E-state index is 0.0521. The molecule has 1 amide bonds. The molecule has 1 aliphatic carbocycles. The first-order valence-electron chi connectivity index (χ1n) is 11.7. The lowest BCUT2D eigenvalue weighted by Gasteiger charge is -2.44. The van der Waals surface area contributed by atoms with Crippen molar-refractivity contribution in [3.63, 3.8) is 0 Å². The summed E-state index contributed by atoms with van der Waals surface area (Å²) in [5.74, 6) is 1.97. The predicted molar refractivity (Wildman–Crippen MR) is 124 cm³/mol. The van der Waals surface area contributed by atoms with E-state index < -0.39 is 6.10 Å². The average Bonchev–Trinajstić information content (AvgIpc) is 2.74. The third kappa shape index (κ3) is 4.73. The third-order valence-corrected chi connectivity index (χ3v) is 6.74. The second-order valence-corrected chi connectivity index (χ2v) is 9.60. The van der Waals surface area contributed by atoms with Gasteiger partial charge in [-0.1, -0.05) is 50.6 Å². The maximum atomic E-state index is 13.2. The van der Waals surface area contributed by atoms with Crippen LogP contribution in [0.15, 0.2) is 42.5 Å². The monoisotopic (exact) mass is 421 g/mol. The number of nitrogens with one attached hydrogen (secondary N) is 1. The molecule has 2 atom stereocenters. The quantitative estimate of drug-likeness (QED) is 0.623. The molecule has 4 nitrogen and oxygen atoms in total. The van der Waals surface area contributed by atoms with Gasteiger partial charge in [0.2, 0.25) is 0 Å². The van der Waals surface area contributed by atoms with Crippen LogP contribution >= 0.6 is 0 Å². The zero-order chi connectivity index (χ0) is 22.0. The molecular formula is C27H35NO3. The average molecular weight is 422 g/mol. The molecule has 1 aliphatic heterocycles. The lowest BCUT2D eigenvalue weighted by Crippen LogP contribution is -2.48. The Hall–Kier alpha value is -2.49. The van der Waals surface area contributed by atoms with E-state index in [2.05, 4.69) is 37.4 Å². The van der Waals surface area contributed by atoms with E-state index in [4.69, 9.17) is 9.47 Å². The van der Waals surface area contributed by atoms with E-state index in [1.54, 1.807) is 0 Å². The van der Waals surface area contributed by atoms with Crippen LogP contribution in [0.5, 0.6) is 11.5 Å². The van der Waals surface area contributed by atoms with Crippen molar-refractivity contribution in [2.24, 2.45) is 0 Å². The van der Waals surface area contributed by atoms with Gasteiger partial charge in [0, 0.05) is 12.0 Å². The SMILES string of the molecule is Cc1ccc(C(C)C)c(O[C@@H](C)C(=O)N[C@H]2CC3(CCCCC3)Oc3ccccc32)c1. The first-order chi connectivity index (χ1) is 14.9. The normalized spacial score (nSPS) is 20.6. The minimum Gasteiger partial charge on any atom is -0.487 e. The van der Waals surface area contributed by atoms with Crippen LogP contribution in [0.25, 0.3) is 0 Å². The summed E-state index contributed by atoms with van der Waals surface area (Å²) in [6.07, 6.45) is 6.01. The number of carbonyl (C=O) groups is 1. The van der Waals surface area contributed by atoms with Crippen LogP contribution in [0, 0.1) is 6.92 Å². The minimum atomic E-state index is -0.573. The summed E-state index contributed by atoms with van der Waals surface area (Å²) in [4.78, 5) is 13.2. The molecule has 0 unspecified atom stereocenters. The Balaban J connectivity index is 1.51. The van der Waals surface area contributed by atoms with Crippen LogP contribution < -0.4 is 14.8 Å². The van der Waals surface area contributed by atoms with E-state index in [0.29, 0.717) is 5.92 Å². The van der Waals surface area contributed by atoms with E-state index in [0.717, 1.165) is 47.5 Å². The molecule has 1 fully saturated rings. The Morgan fingerprint density at radius 3 is 2.58 bits per heavy atom. The van der Waals surface area contributed by atoms with Crippen LogP contribution in [0.2, 0.25) is 0 Å². The van der Waals surface area contributed by atoms with E-state index in [9.17, 15) is 4.79 Å². The Morgan fingerprint density at radius 1 is 1.10 bits per heavy atom. The lowest BCUT2D eigenvalue weighted by atomic mass is 9.77. The van der Waals surface area contributed by atoms with Gasteiger partial charge in [0.1, 0.15) is 17.1 Å². The first kappa shape index (κ1) is 21.7. The molecule has 0 radical (unpaired) electrons. The van der Waals surface area contributed by atoms with Crippen molar-refractivity contribution in [1.82, 2.24) is 5.32 Å². The van der Waals surface area contributed by atoms with Crippen molar-refractivity contribution in [3.05, 3.63) is 59.2 Å².